The first-order valence-corrected chi connectivity index (χ1v) is 6.98. The molecule has 0 aliphatic rings. The zero-order chi connectivity index (χ0) is 13.1. The second-order valence-corrected chi connectivity index (χ2v) is 5.52. The monoisotopic (exact) mass is 320 g/mol. The number of thiophene rings is 1. The molecule has 1 heterocycles. The lowest BCUT2D eigenvalue weighted by molar-refractivity contribution is -0.380. The molecule has 1 atom stereocenters. The van der Waals surface area contributed by atoms with Gasteiger partial charge in [0.25, 0.3) is 5.91 Å². The highest BCUT2D eigenvalue weighted by molar-refractivity contribution is 9.09. The molecule has 0 aromatic carbocycles. The molecule has 0 saturated heterocycles. The summed E-state index contributed by atoms with van der Waals surface area (Å²) in [5.41, 5.74) is -0.337. The molecule has 0 saturated carbocycles. The van der Waals surface area contributed by atoms with Crippen molar-refractivity contribution in [1.82, 2.24) is 5.32 Å². The van der Waals surface area contributed by atoms with Crippen molar-refractivity contribution in [3.8, 4) is 0 Å². The van der Waals surface area contributed by atoms with Gasteiger partial charge in [-0.05, 0) is 19.4 Å². The minimum Gasteiger partial charge on any atom is -0.345 e. The van der Waals surface area contributed by atoms with Gasteiger partial charge < -0.3 is 5.32 Å². The molecule has 7 heteroatoms. The van der Waals surface area contributed by atoms with Crippen LogP contribution in [-0.4, -0.2) is 21.7 Å². The summed E-state index contributed by atoms with van der Waals surface area (Å²) < 4.78 is 0. The van der Waals surface area contributed by atoms with E-state index in [1.807, 2.05) is 13.8 Å². The Bertz CT molecular complexity index is 429. The van der Waals surface area contributed by atoms with E-state index in [0.717, 1.165) is 17.8 Å². The molecule has 0 spiro atoms. The molecule has 1 aromatic rings. The van der Waals surface area contributed by atoms with E-state index in [-0.39, 0.29) is 16.4 Å². The van der Waals surface area contributed by atoms with Gasteiger partial charge in [-0.15, -0.1) is 0 Å². The molecule has 5 nitrogen and oxygen atoms in total. The van der Waals surface area contributed by atoms with E-state index in [2.05, 4.69) is 21.2 Å². The lowest BCUT2D eigenvalue weighted by Gasteiger charge is -2.26. The Morgan fingerprint density at radius 2 is 2.29 bits per heavy atom. The minimum absolute atomic E-state index is 0.0211. The van der Waals surface area contributed by atoms with Crippen molar-refractivity contribution >= 4 is 38.2 Å². The maximum absolute atomic E-state index is 11.9. The summed E-state index contributed by atoms with van der Waals surface area (Å²) in [4.78, 5) is 22.2. The molecule has 0 radical (unpaired) electrons. The molecular weight excluding hydrogens is 308 g/mol. The smallest absolute Gasteiger partial charge is 0.324 e. The van der Waals surface area contributed by atoms with Gasteiger partial charge in [-0.2, -0.15) is 0 Å². The van der Waals surface area contributed by atoms with E-state index in [9.17, 15) is 14.9 Å². The van der Waals surface area contributed by atoms with Crippen LogP contribution in [0.5, 0.6) is 0 Å². The number of nitrogens with zero attached hydrogens (tertiary/aromatic N) is 1. The third-order valence-corrected chi connectivity index (χ3v) is 4.76. The summed E-state index contributed by atoms with van der Waals surface area (Å²) in [6.07, 6.45) is 0.775. The Morgan fingerprint density at radius 3 is 2.71 bits per heavy atom. The second-order valence-electron chi connectivity index (χ2n) is 3.90. The number of halogens is 1. The van der Waals surface area contributed by atoms with Crippen molar-refractivity contribution in [2.24, 2.45) is 0 Å². The number of nitrogens with one attached hydrogen (secondary N) is 1. The van der Waals surface area contributed by atoms with E-state index in [4.69, 9.17) is 0 Å². The van der Waals surface area contributed by atoms with Gasteiger partial charge >= 0.3 is 5.00 Å². The SMILES string of the molecule is CCC(C)(CBr)NC(=O)c1ccc([N+](=O)[O-])s1. The number of alkyl halides is 1. The van der Waals surface area contributed by atoms with E-state index in [0.29, 0.717) is 10.2 Å². The van der Waals surface area contributed by atoms with Gasteiger partial charge in [0.2, 0.25) is 0 Å². The Hall–Kier alpha value is -0.950. The van der Waals surface area contributed by atoms with Gasteiger partial charge in [0.05, 0.1) is 9.80 Å². The van der Waals surface area contributed by atoms with Crippen LogP contribution in [0.4, 0.5) is 5.00 Å². The first kappa shape index (κ1) is 14.1. The predicted molar refractivity (Wildman–Crippen MR) is 70.9 cm³/mol. The fraction of sp³-hybridized carbons (Fsp3) is 0.500. The Morgan fingerprint density at radius 1 is 1.65 bits per heavy atom. The molecule has 17 heavy (non-hydrogen) atoms. The Kier molecular flexibility index (Phi) is 4.64. The maximum Gasteiger partial charge on any atom is 0.324 e. The van der Waals surface area contributed by atoms with Crippen LogP contribution in [-0.2, 0) is 0 Å². The van der Waals surface area contributed by atoms with Crippen LogP contribution in [0.1, 0.15) is 29.9 Å². The first-order chi connectivity index (χ1) is 7.91. The largest absolute Gasteiger partial charge is 0.345 e. The lowest BCUT2D eigenvalue weighted by atomic mass is 10.0. The molecule has 1 N–H and O–H groups in total. The van der Waals surface area contributed by atoms with Gasteiger partial charge in [-0.1, -0.05) is 34.2 Å². The van der Waals surface area contributed by atoms with Crippen molar-refractivity contribution in [3.63, 3.8) is 0 Å². The molecule has 1 rings (SSSR count). The summed E-state index contributed by atoms with van der Waals surface area (Å²) in [5.74, 6) is -0.271. The van der Waals surface area contributed by atoms with E-state index >= 15 is 0 Å². The molecule has 1 unspecified atom stereocenters. The van der Waals surface area contributed by atoms with E-state index in [1.165, 1.54) is 12.1 Å². The van der Waals surface area contributed by atoms with Crippen molar-refractivity contribution in [2.75, 3.05) is 5.33 Å². The molecule has 0 fully saturated rings. The molecule has 1 amide bonds. The quantitative estimate of drug-likeness (QED) is 0.515. The Labute approximate surface area is 111 Å². The van der Waals surface area contributed by atoms with Crippen LogP contribution < -0.4 is 5.32 Å². The topological polar surface area (TPSA) is 72.2 Å². The van der Waals surface area contributed by atoms with Crippen molar-refractivity contribution in [3.05, 3.63) is 27.1 Å². The lowest BCUT2D eigenvalue weighted by Crippen LogP contribution is -2.46. The van der Waals surface area contributed by atoms with Crippen LogP contribution in [0.2, 0.25) is 0 Å². The van der Waals surface area contributed by atoms with Crippen LogP contribution in [0.25, 0.3) is 0 Å². The molecule has 0 aliphatic heterocycles. The number of carbonyl (C=O) groups excluding carboxylic acids is 1. The summed E-state index contributed by atoms with van der Waals surface area (Å²) >= 11 is 4.23. The fourth-order valence-corrected chi connectivity index (χ4v) is 2.35. The average molecular weight is 321 g/mol. The molecule has 1 aromatic heterocycles. The summed E-state index contributed by atoms with van der Waals surface area (Å²) in [5, 5.41) is 14.0. The van der Waals surface area contributed by atoms with Crippen LogP contribution in [0.3, 0.4) is 0 Å². The normalized spacial score (nSPS) is 14.1. The van der Waals surface area contributed by atoms with Crippen LogP contribution in [0, 0.1) is 10.1 Å². The predicted octanol–water partition coefficient (Wildman–Crippen LogP) is 2.95. The highest BCUT2D eigenvalue weighted by atomic mass is 79.9. The third kappa shape index (κ3) is 3.50. The number of hydrogen-bond donors (Lipinski definition) is 1. The Balaban J connectivity index is 2.79. The number of nitro groups is 1. The summed E-state index contributed by atoms with van der Waals surface area (Å²) in [7, 11) is 0. The fourth-order valence-electron chi connectivity index (χ4n) is 1.10. The number of carbonyl (C=O) groups is 1. The van der Waals surface area contributed by atoms with Crippen molar-refractivity contribution in [1.29, 1.82) is 0 Å². The van der Waals surface area contributed by atoms with Gasteiger partial charge in [0, 0.05) is 16.9 Å². The van der Waals surface area contributed by atoms with Gasteiger partial charge in [-0.25, -0.2) is 0 Å². The first-order valence-electron chi connectivity index (χ1n) is 5.04. The number of rotatable bonds is 5. The molecular formula is C10H13BrN2O3S. The summed E-state index contributed by atoms with van der Waals surface area (Å²) in [6.45, 7) is 3.89. The maximum atomic E-state index is 11.9. The standard InChI is InChI=1S/C10H13BrN2O3S/c1-3-10(2,6-11)12-9(14)7-4-5-8(17-7)13(15)16/h4-5H,3,6H2,1-2H3,(H,12,14). The zero-order valence-electron chi connectivity index (χ0n) is 9.53. The third-order valence-electron chi connectivity index (χ3n) is 2.49. The average Bonchev–Trinajstić information content (AvgIpc) is 2.78. The molecule has 0 aliphatic carbocycles. The van der Waals surface area contributed by atoms with Crippen molar-refractivity contribution in [2.45, 2.75) is 25.8 Å². The van der Waals surface area contributed by atoms with Crippen molar-refractivity contribution < 1.29 is 9.72 Å². The minimum atomic E-state index is -0.495. The summed E-state index contributed by atoms with van der Waals surface area (Å²) in [6, 6.07) is 2.82. The van der Waals surface area contributed by atoms with Gasteiger partial charge in [0.1, 0.15) is 0 Å². The number of amides is 1. The molecule has 0 bridgehead atoms. The van der Waals surface area contributed by atoms with E-state index in [1.54, 1.807) is 0 Å². The van der Waals surface area contributed by atoms with Crippen LogP contribution >= 0.6 is 27.3 Å². The highest BCUT2D eigenvalue weighted by Gasteiger charge is 2.25. The van der Waals surface area contributed by atoms with E-state index < -0.39 is 4.92 Å². The van der Waals surface area contributed by atoms with Gasteiger partial charge in [0.15, 0.2) is 0 Å². The van der Waals surface area contributed by atoms with Gasteiger partial charge in [-0.3, -0.25) is 14.9 Å². The zero-order valence-corrected chi connectivity index (χ0v) is 11.9. The molecule has 94 valence electrons. The second kappa shape index (κ2) is 5.59. The van der Waals surface area contributed by atoms with Crippen LogP contribution in [0.15, 0.2) is 12.1 Å². The highest BCUT2D eigenvalue weighted by Crippen LogP contribution is 2.24. The number of hydrogen-bond acceptors (Lipinski definition) is 4.